The van der Waals surface area contributed by atoms with Gasteiger partial charge >= 0.3 is 0 Å². The highest BCUT2D eigenvalue weighted by Gasteiger charge is 2.15. The van der Waals surface area contributed by atoms with Crippen LogP contribution < -0.4 is 14.2 Å². The van der Waals surface area contributed by atoms with Crippen molar-refractivity contribution in [2.75, 3.05) is 21.3 Å². The van der Waals surface area contributed by atoms with Crippen LogP contribution in [0.5, 0.6) is 17.2 Å². The Balaban J connectivity index is 3.14. The molecule has 0 aliphatic carbocycles. The molecule has 0 saturated carbocycles. The van der Waals surface area contributed by atoms with Gasteiger partial charge in [0.05, 0.1) is 21.3 Å². The van der Waals surface area contributed by atoms with E-state index in [1.807, 2.05) is 12.4 Å². The van der Waals surface area contributed by atoms with Crippen LogP contribution in [0.1, 0.15) is 12.0 Å². The Morgan fingerprint density at radius 2 is 1.75 bits per heavy atom. The molecule has 1 radical (unpaired) electrons. The number of hydrogen-bond acceptors (Lipinski definition) is 4. The topological polar surface area (TPSA) is 44.8 Å². The van der Waals surface area contributed by atoms with E-state index < -0.39 is 0 Å². The zero-order chi connectivity index (χ0) is 12.0. The molecule has 87 valence electrons. The molecule has 4 nitrogen and oxygen atoms in total. The molecule has 0 N–H and O–H groups in total. The minimum atomic E-state index is 0.339. The Hall–Kier alpha value is -1.71. The van der Waals surface area contributed by atoms with E-state index in [1.54, 1.807) is 27.4 Å². The second kappa shape index (κ2) is 6.00. The predicted molar refractivity (Wildman–Crippen MR) is 60.1 cm³/mol. The minimum absolute atomic E-state index is 0.339. The normalized spacial score (nSPS) is 9.69. The van der Waals surface area contributed by atoms with Gasteiger partial charge in [0.15, 0.2) is 17.8 Å². The molecular formula is C12H15O4. The highest BCUT2D eigenvalue weighted by Crippen LogP contribution is 2.39. The average Bonchev–Trinajstić information content (AvgIpc) is 2.34. The van der Waals surface area contributed by atoms with E-state index in [0.717, 1.165) is 5.56 Å². The van der Waals surface area contributed by atoms with Gasteiger partial charge in [-0.2, -0.15) is 0 Å². The predicted octanol–water partition coefficient (Wildman–Crippen LogP) is 1.75. The van der Waals surface area contributed by atoms with Crippen LogP contribution in [0.25, 0.3) is 0 Å². The molecule has 0 bridgehead atoms. The molecule has 1 aromatic rings. The average molecular weight is 223 g/mol. The molecule has 1 aromatic carbocycles. The lowest BCUT2D eigenvalue weighted by Gasteiger charge is -2.15. The van der Waals surface area contributed by atoms with Gasteiger partial charge < -0.3 is 14.2 Å². The van der Waals surface area contributed by atoms with E-state index in [1.165, 1.54) is 0 Å². The first-order chi connectivity index (χ1) is 7.78. The quantitative estimate of drug-likeness (QED) is 0.737. The summed E-state index contributed by atoms with van der Waals surface area (Å²) in [4.78, 5) is 10.2. The molecule has 0 amide bonds. The van der Waals surface area contributed by atoms with Crippen LogP contribution in [0.4, 0.5) is 0 Å². The summed E-state index contributed by atoms with van der Waals surface area (Å²) < 4.78 is 15.7. The molecular weight excluding hydrogens is 208 g/mol. The summed E-state index contributed by atoms with van der Waals surface area (Å²) in [5.41, 5.74) is 0.906. The number of hydrogen-bond donors (Lipinski definition) is 0. The van der Waals surface area contributed by atoms with Gasteiger partial charge in [0.1, 0.15) is 0 Å². The van der Waals surface area contributed by atoms with Crippen molar-refractivity contribution in [3.63, 3.8) is 0 Å². The van der Waals surface area contributed by atoms with Crippen LogP contribution >= 0.6 is 0 Å². The van der Waals surface area contributed by atoms with Crippen molar-refractivity contribution in [3.05, 3.63) is 17.7 Å². The fourth-order valence-corrected chi connectivity index (χ4v) is 1.55. The van der Waals surface area contributed by atoms with Crippen molar-refractivity contribution in [2.24, 2.45) is 0 Å². The lowest BCUT2D eigenvalue weighted by molar-refractivity contribution is 0.322. The van der Waals surface area contributed by atoms with Crippen molar-refractivity contribution in [3.8, 4) is 17.2 Å². The van der Waals surface area contributed by atoms with E-state index in [9.17, 15) is 4.79 Å². The monoisotopic (exact) mass is 223 g/mol. The fraction of sp³-hybridized carbons (Fsp3) is 0.417. The molecule has 1 rings (SSSR count). The molecule has 0 aromatic heterocycles. The smallest absolute Gasteiger partial charge is 0.203 e. The third-order valence-corrected chi connectivity index (χ3v) is 2.28. The first-order valence-electron chi connectivity index (χ1n) is 4.91. The molecule has 0 aliphatic rings. The number of benzene rings is 1. The Kier molecular flexibility index (Phi) is 4.64. The molecule has 0 aliphatic heterocycles. The number of carbonyl (C=O) groups excluding carboxylic acids is 1. The Morgan fingerprint density at radius 3 is 2.25 bits per heavy atom. The Morgan fingerprint density at radius 1 is 1.06 bits per heavy atom. The molecule has 0 spiro atoms. The zero-order valence-electron chi connectivity index (χ0n) is 9.70. The third kappa shape index (κ3) is 2.45. The summed E-state index contributed by atoms with van der Waals surface area (Å²) in [6.07, 6.45) is 2.77. The second-order valence-corrected chi connectivity index (χ2v) is 3.14. The molecule has 0 atom stereocenters. The van der Waals surface area contributed by atoms with E-state index in [4.69, 9.17) is 14.2 Å². The van der Waals surface area contributed by atoms with Gasteiger partial charge in [0.2, 0.25) is 5.75 Å². The van der Waals surface area contributed by atoms with Crippen molar-refractivity contribution < 1.29 is 19.0 Å². The molecule has 0 unspecified atom stereocenters. The maximum Gasteiger partial charge on any atom is 0.203 e. The summed E-state index contributed by atoms with van der Waals surface area (Å²) in [5.74, 6) is 1.77. The first-order valence-corrected chi connectivity index (χ1v) is 4.91. The van der Waals surface area contributed by atoms with E-state index in [-0.39, 0.29) is 0 Å². The van der Waals surface area contributed by atoms with Crippen LogP contribution in [-0.4, -0.2) is 27.6 Å². The van der Waals surface area contributed by atoms with Crippen LogP contribution in [0.15, 0.2) is 12.1 Å². The highest BCUT2D eigenvalue weighted by atomic mass is 16.5. The van der Waals surface area contributed by atoms with Gasteiger partial charge in [-0.05, 0) is 18.1 Å². The standard InChI is InChI=1S/C12H15O4/c1-14-10-7-6-9(5-4-8-13)11(15-2)12(10)16-3/h6-7H,4-5H2,1-3H3. The number of methoxy groups -OCH3 is 3. The van der Waals surface area contributed by atoms with Crippen LogP contribution in [0, 0.1) is 0 Å². The number of ether oxygens (including phenoxy) is 3. The summed E-state index contributed by atoms with van der Waals surface area (Å²) in [6.45, 7) is 0. The molecule has 0 saturated heterocycles. The summed E-state index contributed by atoms with van der Waals surface area (Å²) >= 11 is 0. The van der Waals surface area contributed by atoms with Crippen molar-refractivity contribution in [1.29, 1.82) is 0 Å². The number of aryl methyl sites for hydroxylation is 1. The molecule has 0 fully saturated rings. The van der Waals surface area contributed by atoms with Crippen LogP contribution in [-0.2, 0) is 11.2 Å². The maximum absolute atomic E-state index is 10.2. The van der Waals surface area contributed by atoms with Crippen molar-refractivity contribution in [2.45, 2.75) is 12.8 Å². The largest absolute Gasteiger partial charge is 0.493 e. The Bertz CT molecular complexity index is 360. The maximum atomic E-state index is 10.2. The summed E-state index contributed by atoms with van der Waals surface area (Å²) in [5, 5.41) is 0. The number of rotatable bonds is 6. The lowest BCUT2D eigenvalue weighted by Crippen LogP contribution is -1.99. The van der Waals surface area contributed by atoms with E-state index in [2.05, 4.69) is 0 Å². The van der Waals surface area contributed by atoms with Gasteiger partial charge in [-0.15, -0.1) is 0 Å². The highest BCUT2D eigenvalue weighted by molar-refractivity contribution is 5.57. The Labute approximate surface area is 95.1 Å². The van der Waals surface area contributed by atoms with Crippen LogP contribution in [0.2, 0.25) is 0 Å². The summed E-state index contributed by atoms with van der Waals surface area (Å²) in [6, 6.07) is 3.65. The van der Waals surface area contributed by atoms with Crippen molar-refractivity contribution >= 4 is 6.29 Å². The van der Waals surface area contributed by atoms with Gasteiger partial charge in [-0.1, -0.05) is 6.07 Å². The second-order valence-electron chi connectivity index (χ2n) is 3.14. The van der Waals surface area contributed by atoms with Crippen molar-refractivity contribution in [1.82, 2.24) is 0 Å². The lowest BCUT2D eigenvalue weighted by atomic mass is 10.1. The SMILES string of the molecule is COc1ccc(CC[C]=O)c(OC)c1OC. The van der Waals surface area contributed by atoms with Gasteiger partial charge in [0.25, 0.3) is 0 Å². The zero-order valence-corrected chi connectivity index (χ0v) is 9.70. The minimum Gasteiger partial charge on any atom is -0.493 e. The van der Waals surface area contributed by atoms with Crippen LogP contribution in [0.3, 0.4) is 0 Å². The van der Waals surface area contributed by atoms with E-state index >= 15 is 0 Å². The fourth-order valence-electron chi connectivity index (χ4n) is 1.55. The van der Waals surface area contributed by atoms with Gasteiger partial charge in [-0.3, -0.25) is 4.79 Å². The van der Waals surface area contributed by atoms with Gasteiger partial charge in [-0.25, -0.2) is 0 Å². The third-order valence-electron chi connectivity index (χ3n) is 2.28. The molecule has 0 heterocycles. The van der Waals surface area contributed by atoms with Gasteiger partial charge in [0, 0.05) is 6.42 Å². The molecule has 4 heteroatoms. The summed E-state index contributed by atoms with van der Waals surface area (Å²) in [7, 11) is 4.68. The first kappa shape index (κ1) is 12.4. The molecule has 16 heavy (non-hydrogen) atoms. The van der Waals surface area contributed by atoms with E-state index in [0.29, 0.717) is 30.1 Å².